The van der Waals surface area contributed by atoms with E-state index in [1.54, 1.807) is 23.3 Å². The normalized spacial score (nSPS) is 22.4. The molecule has 5 nitrogen and oxygen atoms in total. The number of piperidine rings is 1. The minimum Gasteiger partial charge on any atom is -0.355 e. The monoisotopic (exact) mass is 336 g/mol. The second-order valence-electron chi connectivity index (χ2n) is 6.29. The molecule has 126 valence electrons. The van der Waals surface area contributed by atoms with Crippen molar-refractivity contribution in [1.29, 1.82) is 0 Å². The Morgan fingerprint density at radius 2 is 2.00 bits per heavy atom. The lowest BCUT2D eigenvalue weighted by molar-refractivity contribution is -0.132. The largest absolute Gasteiger partial charge is 0.355 e. The Labute approximate surface area is 139 Å². The van der Waals surface area contributed by atoms with Crippen LogP contribution in [0.3, 0.4) is 0 Å². The second-order valence-corrected chi connectivity index (χ2v) is 7.84. The summed E-state index contributed by atoms with van der Waals surface area (Å²) in [6.07, 6.45) is 3.18. The highest BCUT2D eigenvalue weighted by Crippen LogP contribution is 2.30. The van der Waals surface area contributed by atoms with Crippen LogP contribution < -0.4 is 5.32 Å². The average Bonchev–Trinajstić information content (AvgIpc) is 2.54. The minimum absolute atomic E-state index is 0.0287. The Morgan fingerprint density at radius 3 is 2.65 bits per heavy atom. The van der Waals surface area contributed by atoms with Gasteiger partial charge in [-0.05, 0) is 31.9 Å². The first-order valence-corrected chi connectivity index (χ1v) is 9.58. The molecule has 23 heavy (non-hydrogen) atoms. The van der Waals surface area contributed by atoms with Crippen molar-refractivity contribution in [2.45, 2.75) is 19.8 Å². The molecule has 1 saturated heterocycles. The van der Waals surface area contributed by atoms with Crippen molar-refractivity contribution >= 4 is 22.6 Å². The first kappa shape index (κ1) is 17.7. The highest BCUT2D eigenvalue weighted by atomic mass is 32.2. The van der Waals surface area contributed by atoms with Crippen LogP contribution in [0.5, 0.6) is 0 Å². The van der Waals surface area contributed by atoms with Gasteiger partial charge in [0.2, 0.25) is 5.91 Å². The molecule has 2 amide bonds. The summed E-state index contributed by atoms with van der Waals surface area (Å²) in [6.45, 7) is 3.40. The minimum atomic E-state index is -0.919. The van der Waals surface area contributed by atoms with E-state index in [2.05, 4.69) is 5.32 Å². The molecule has 1 heterocycles. The summed E-state index contributed by atoms with van der Waals surface area (Å²) in [4.78, 5) is 26.8. The van der Waals surface area contributed by atoms with Crippen LogP contribution in [0.1, 0.15) is 30.1 Å². The number of nitrogens with one attached hydrogen (secondary N) is 1. The number of amides is 2. The summed E-state index contributed by atoms with van der Waals surface area (Å²) in [7, 11) is -0.919. The van der Waals surface area contributed by atoms with Gasteiger partial charge in [-0.1, -0.05) is 18.2 Å². The van der Waals surface area contributed by atoms with Gasteiger partial charge in [-0.25, -0.2) is 0 Å². The zero-order valence-electron chi connectivity index (χ0n) is 13.7. The molecule has 2 atom stereocenters. The topological polar surface area (TPSA) is 66.5 Å². The van der Waals surface area contributed by atoms with Gasteiger partial charge in [0, 0.05) is 48.0 Å². The maximum atomic E-state index is 12.6. The highest BCUT2D eigenvalue weighted by Gasteiger charge is 2.39. The van der Waals surface area contributed by atoms with E-state index in [-0.39, 0.29) is 11.8 Å². The lowest BCUT2D eigenvalue weighted by Gasteiger charge is -2.39. The van der Waals surface area contributed by atoms with Crippen molar-refractivity contribution < 1.29 is 13.8 Å². The van der Waals surface area contributed by atoms with Crippen molar-refractivity contribution in [1.82, 2.24) is 10.2 Å². The van der Waals surface area contributed by atoms with E-state index in [0.717, 1.165) is 12.8 Å². The van der Waals surface area contributed by atoms with Crippen LogP contribution in [-0.2, 0) is 15.6 Å². The number of nitrogens with zero attached hydrogens (tertiary/aromatic N) is 1. The molecule has 0 spiro atoms. The molecule has 2 unspecified atom stereocenters. The van der Waals surface area contributed by atoms with Crippen LogP contribution in [0.4, 0.5) is 0 Å². The van der Waals surface area contributed by atoms with Crippen LogP contribution in [-0.4, -0.2) is 52.6 Å². The molecule has 0 radical (unpaired) electrons. The fourth-order valence-corrected chi connectivity index (χ4v) is 3.27. The Kier molecular flexibility index (Phi) is 5.93. The predicted molar refractivity (Wildman–Crippen MR) is 91.6 cm³/mol. The van der Waals surface area contributed by atoms with Crippen LogP contribution >= 0.6 is 0 Å². The number of carbonyl (C=O) groups is 2. The molecule has 1 aromatic rings. The lowest BCUT2D eigenvalue weighted by Crippen LogP contribution is -2.52. The molecule has 6 heteroatoms. The Bertz CT molecular complexity index is 591. The number of carbonyl (C=O) groups excluding carboxylic acids is 2. The molecule has 0 aromatic heterocycles. The van der Waals surface area contributed by atoms with Crippen molar-refractivity contribution in [3.05, 3.63) is 35.9 Å². The molecule has 1 fully saturated rings. The van der Waals surface area contributed by atoms with Gasteiger partial charge >= 0.3 is 0 Å². The summed E-state index contributed by atoms with van der Waals surface area (Å²) in [5.74, 6) is 0.363. The standard InChI is InChI=1S/C17H24N2O3S/c1-17(16(21)18-10-12-23(2)22)9-6-11-19(13-17)15(20)14-7-4-3-5-8-14/h3-5,7-8H,6,9-13H2,1-2H3,(H,18,21). The molecular formula is C17H24N2O3S. The fourth-order valence-electron chi connectivity index (χ4n) is 2.88. The number of likely N-dealkylation sites (tertiary alicyclic amines) is 1. The molecule has 0 bridgehead atoms. The summed E-state index contributed by atoms with van der Waals surface area (Å²) in [5, 5.41) is 2.85. The van der Waals surface area contributed by atoms with Gasteiger partial charge in [-0.15, -0.1) is 0 Å². The summed E-state index contributed by atoms with van der Waals surface area (Å²) >= 11 is 0. The Morgan fingerprint density at radius 1 is 1.30 bits per heavy atom. The third kappa shape index (κ3) is 4.64. The van der Waals surface area contributed by atoms with E-state index in [9.17, 15) is 13.8 Å². The second kappa shape index (κ2) is 7.73. The SMILES string of the molecule is CS(=O)CCNC(=O)C1(C)CCCN(C(=O)c2ccccc2)C1. The zero-order valence-corrected chi connectivity index (χ0v) is 14.5. The molecule has 1 N–H and O–H groups in total. The molecular weight excluding hydrogens is 312 g/mol. The van der Waals surface area contributed by atoms with E-state index < -0.39 is 16.2 Å². The third-order valence-electron chi connectivity index (χ3n) is 4.23. The van der Waals surface area contributed by atoms with Gasteiger partial charge in [-0.2, -0.15) is 0 Å². The maximum Gasteiger partial charge on any atom is 0.253 e. The van der Waals surface area contributed by atoms with E-state index in [1.165, 1.54) is 0 Å². The molecule has 0 aliphatic carbocycles. The van der Waals surface area contributed by atoms with Gasteiger partial charge in [0.1, 0.15) is 0 Å². The number of rotatable bonds is 5. The summed E-state index contributed by atoms with van der Waals surface area (Å²) in [5.41, 5.74) is 0.0660. The highest BCUT2D eigenvalue weighted by molar-refractivity contribution is 7.84. The first-order valence-electron chi connectivity index (χ1n) is 7.85. The number of hydrogen-bond acceptors (Lipinski definition) is 3. The average molecular weight is 336 g/mol. The predicted octanol–water partition coefficient (Wildman–Crippen LogP) is 1.42. The molecule has 1 aliphatic heterocycles. The third-order valence-corrected chi connectivity index (χ3v) is 5.01. The Balaban J connectivity index is 2.00. The van der Waals surface area contributed by atoms with Gasteiger partial charge < -0.3 is 10.2 Å². The number of hydrogen-bond donors (Lipinski definition) is 1. The van der Waals surface area contributed by atoms with E-state index in [4.69, 9.17) is 0 Å². The first-order chi connectivity index (χ1) is 10.9. The number of benzene rings is 1. The summed E-state index contributed by atoms with van der Waals surface area (Å²) in [6, 6.07) is 9.15. The molecule has 2 rings (SSSR count). The van der Waals surface area contributed by atoms with Crippen LogP contribution in [0.2, 0.25) is 0 Å². The molecule has 1 aromatic carbocycles. The molecule has 0 saturated carbocycles. The maximum absolute atomic E-state index is 12.6. The van der Waals surface area contributed by atoms with Crippen LogP contribution in [0.15, 0.2) is 30.3 Å². The van der Waals surface area contributed by atoms with Crippen molar-refractivity contribution in [2.24, 2.45) is 5.41 Å². The summed E-state index contributed by atoms with van der Waals surface area (Å²) < 4.78 is 11.1. The van der Waals surface area contributed by atoms with Crippen LogP contribution in [0.25, 0.3) is 0 Å². The van der Waals surface area contributed by atoms with E-state index >= 15 is 0 Å². The lowest BCUT2D eigenvalue weighted by atomic mass is 9.80. The molecule has 1 aliphatic rings. The van der Waals surface area contributed by atoms with Crippen molar-refractivity contribution in [3.63, 3.8) is 0 Å². The quantitative estimate of drug-likeness (QED) is 0.884. The van der Waals surface area contributed by atoms with Crippen molar-refractivity contribution in [3.8, 4) is 0 Å². The zero-order chi connectivity index (χ0) is 16.9. The van der Waals surface area contributed by atoms with Gasteiger partial charge in [0.15, 0.2) is 0 Å². The van der Waals surface area contributed by atoms with E-state index in [1.807, 2.05) is 25.1 Å². The van der Waals surface area contributed by atoms with Gasteiger partial charge in [0.05, 0.1) is 5.41 Å². The van der Waals surface area contributed by atoms with E-state index in [0.29, 0.717) is 31.0 Å². The Hall–Kier alpha value is -1.69. The van der Waals surface area contributed by atoms with Crippen molar-refractivity contribution in [2.75, 3.05) is 31.6 Å². The van der Waals surface area contributed by atoms with Gasteiger partial charge in [0.25, 0.3) is 5.91 Å². The fraction of sp³-hybridized carbons (Fsp3) is 0.529. The smallest absolute Gasteiger partial charge is 0.253 e. The van der Waals surface area contributed by atoms with Gasteiger partial charge in [-0.3, -0.25) is 13.8 Å². The van der Waals surface area contributed by atoms with Crippen LogP contribution in [0, 0.1) is 5.41 Å².